The average Bonchev–Trinajstić information content (AvgIpc) is 3.40. The Labute approximate surface area is 157 Å². The maximum atomic E-state index is 12.5. The average molecular weight is 357 g/mol. The fourth-order valence-electron chi connectivity index (χ4n) is 3.22. The van der Waals surface area contributed by atoms with Crippen molar-refractivity contribution in [3.8, 4) is 0 Å². The van der Waals surface area contributed by atoms with Gasteiger partial charge in [0.15, 0.2) is 0 Å². The summed E-state index contributed by atoms with van der Waals surface area (Å²) in [5, 5.41) is 8.32. The Morgan fingerprint density at radius 3 is 2.26 bits per heavy atom. The number of H-pyrrole nitrogens is 1. The number of aromatic amines is 1. The highest BCUT2D eigenvalue weighted by molar-refractivity contribution is 6.39. The van der Waals surface area contributed by atoms with Gasteiger partial charge in [-0.15, -0.1) is 0 Å². The van der Waals surface area contributed by atoms with E-state index in [9.17, 15) is 4.79 Å². The van der Waals surface area contributed by atoms with E-state index in [1.165, 1.54) is 0 Å². The van der Waals surface area contributed by atoms with Gasteiger partial charge >= 0.3 is 0 Å². The summed E-state index contributed by atoms with van der Waals surface area (Å²) in [5.41, 5.74) is 8.50. The number of amides is 1. The summed E-state index contributed by atoms with van der Waals surface area (Å²) in [5.74, 6) is -0.320. The molecule has 27 heavy (non-hydrogen) atoms. The molecule has 0 unspecified atom stereocenters. The first-order valence-corrected chi connectivity index (χ1v) is 8.69. The molecule has 1 aromatic heterocycles. The Bertz CT molecular complexity index is 923. The Morgan fingerprint density at radius 2 is 1.67 bits per heavy atom. The molecular formula is C21H19N5O. The van der Waals surface area contributed by atoms with Crippen LogP contribution in [0.25, 0.3) is 0 Å². The molecular weight excluding hydrogens is 338 g/mol. The Hall–Kier alpha value is -3.67. The fourth-order valence-corrected chi connectivity index (χ4v) is 3.22. The molecule has 0 radical (unpaired) electrons. The molecule has 0 bridgehead atoms. The first-order valence-electron chi connectivity index (χ1n) is 8.69. The normalized spacial score (nSPS) is 15.3. The molecule has 134 valence electrons. The number of carbonyl (C=O) groups is 1. The fraction of sp³-hybridized carbons (Fsp3) is 0.0952. The van der Waals surface area contributed by atoms with Gasteiger partial charge in [0, 0.05) is 12.6 Å². The van der Waals surface area contributed by atoms with Crippen molar-refractivity contribution >= 4 is 17.8 Å². The zero-order chi connectivity index (χ0) is 18.5. The van der Waals surface area contributed by atoms with Crippen LogP contribution in [0, 0.1) is 0 Å². The van der Waals surface area contributed by atoms with Crippen molar-refractivity contribution in [3.63, 3.8) is 0 Å². The molecule has 2 aromatic carbocycles. The van der Waals surface area contributed by atoms with Crippen LogP contribution in [0.5, 0.6) is 0 Å². The molecule has 0 saturated carbocycles. The Kier molecular flexibility index (Phi) is 4.53. The molecule has 2 heterocycles. The quantitative estimate of drug-likeness (QED) is 0.485. The van der Waals surface area contributed by atoms with E-state index >= 15 is 0 Å². The number of hydrogen-bond acceptors (Lipinski definition) is 4. The van der Waals surface area contributed by atoms with E-state index < -0.39 is 5.54 Å². The van der Waals surface area contributed by atoms with Gasteiger partial charge in [0.05, 0.1) is 11.9 Å². The highest BCUT2D eigenvalue weighted by atomic mass is 16.2. The van der Waals surface area contributed by atoms with Crippen molar-refractivity contribution in [1.82, 2.24) is 15.8 Å². The van der Waals surface area contributed by atoms with Gasteiger partial charge < -0.3 is 4.98 Å². The summed E-state index contributed by atoms with van der Waals surface area (Å²) in [6.07, 6.45) is 3.79. The van der Waals surface area contributed by atoms with E-state index in [0.717, 1.165) is 16.8 Å². The third-order valence-corrected chi connectivity index (χ3v) is 4.60. The second kappa shape index (κ2) is 7.29. The third-order valence-electron chi connectivity index (χ3n) is 4.60. The lowest BCUT2D eigenvalue weighted by atomic mass is 9.80. The first kappa shape index (κ1) is 16.8. The summed E-state index contributed by atoms with van der Waals surface area (Å²) in [4.78, 5) is 15.5. The lowest BCUT2D eigenvalue weighted by molar-refractivity contribution is -0.114. The summed E-state index contributed by atoms with van der Waals surface area (Å²) < 4.78 is 0. The highest BCUT2D eigenvalue weighted by Crippen LogP contribution is 2.36. The van der Waals surface area contributed by atoms with E-state index in [1.54, 1.807) is 12.4 Å². The second-order valence-corrected chi connectivity index (χ2v) is 6.31. The van der Waals surface area contributed by atoms with E-state index in [1.807, 2.05) is 72.8 Å². The lowest BCUT2D eigenvalue weighted by Crippen LogP contribution is -2.38. The molecule has 6 heteroatoms. The molecule has 0 fully saturated rings. The minimum absolute atomic E-state index is 0.320. The zero-order valence-corrected chi connectivity index (χ0v) is 14.6. The number of nitrogens with zero attached hydrogens (tertiary/aromatic N) is 2. The van der Waals surface area contributed by atoms with Gasteiger partial charge in [-0.05, 0) is 23.3 Å². The summed E-state index contributed by atoms with van der Waals surface area (Å²) in [6.45, 7) is 0. The molecule has 0 aliphatic carbocycles. The number of aromatic nitrogens is 1. The van der Waals surface area contributed by atoms with Crippen LogP contribution in [-0.2, 0) is 10.3 Å². The minimum Gasteiger partial charge on any atom is -0.360 e. The Balaban J connectivity index is 1.55. The number of carbonyl (C=O) groups excluding carboxylic acids is 1. The predicted molar refractivity (Wildman–Crippen MR) is 105 cm³/mol. The molecule has 1 amide bonds. The van der Waals surface area contributed by atoms with Gasteiger partial charge in [-0.2, -0.15) is 10.2 Å². The summed E-state index contributed by atoms with van der Waals surface area (Å²) >= 11 is 0. The minimum atomic E-state index is -0.571. The van der Waals surface area contributed by atoms with Crippen LogP contribution >= 0.6 is 0 Å². The maximum absolute atomic E-state index is 12.5. The number of nitrogens with one attached hydrogen (secondary N) is 3. The van der Waals surface area contributed by atoms with Crippen LogP contribution in [0.15, 0.2) is 89.2 Å². The molecule has 1 aliphatic rings. The van der Waals surface area contributed by atoms with E-state index in [4.69, 9.17) is 0 Å². The highest BCUT2D eigenvalue weighted by Gasteiger charge is 2.41. The van der Waals surface area contributed by atoms with Gasteiger partial charge in [0.1, 0.15) is 11.3 Å². The van der Waals surface area contributed by atoms with Crippen molar-refractivity contribution in [2.45, 2.75) is 12.0 Å². The monoisotopic (exact) mass is 357 g/mol. The molecule has 0 spiro atoms. The van der Waals surface area contributed by atoms with Crippen molar-refractivity contribution < 1.29 is 4.79 Å². The van der Waals surface area contributed by atoms with E-state index in [2.05, 4.69) is 26.0 Å². The smallest absolute Gasteiger partial charge is 0.287 e. The molecule has 0 saturated heterocycles. The molecule has 3 N–H and O–H groups in total. The maximum Gasteiger partial charge on any atom is 0.287 e. The van der Waals surface area contributed by atoms with Gasteiger partial charge in [-0.25, -0.2) is 5.43 Å². The van der Waals surface area contributed by atoms with Crippen LogP contribution in [0.3, 0.4) is 0 Å². The largest absolute Gasteiger partial charge is 0.360 e. The van der Waals surface area contributed by atoms with Gasteiger partial charge in [-0.3, -0.25) is 10.2 Å². The van der Waals surface area contributed by atoms with Crippen molar-refractivity contribution in [2.75, 3.05) is 0 Å². The second-order valence-electron chi connectivity index (χ2n) is 6.31. The van der Waals surface area contributed by atoms with Crippen LogP contribution in [0.2, 0.25) is 0 Å². The topological polar surface area (TPSA) is 81.6 Å². The number of hydrazone groups is 2. The van der Waals surface area contributed by atoms with Gasteiger partial charge in [0.25, 0.3) is 5.91 Å². The summed E-state index contributed by atoms with van der Waals surface area (Å²) in [7, 11) is 0. The number of rotatable bonds is 5. The number of benzene rings is 2. The molecule has 6 nitrogen and oxygen atoms in total. The summed E-state index contributed by atoms with van der Waals surface area (Å²) in [6, 6.07) is 23.8. The Morgan fingerprint density at radius 1 is 1.00 bits per heavy atom. The van der Waals surface area contributed by atoms with Gasteiger partial charge in [0.2, 0.25) is 0 Å². The van der Waals surface area contributed by atoms with Crippen LogP contribution in [-0.4, -0.2) is 22.8 Å². The van der Waals surface area contributed by atoms with Crippen LogP contribution < -0.4 is 10.9 Å². The molecule has 0 atom stereocenters. The van der Waals surface area contributed by atoms with Crippen molar-refractivity contribution in [2.24, 2.45) is 10.2 Å². The lowest BCUT2D eigenvalue weighted by Gasteiger charge is -2.30. The van der Waals surface area contributed by atoms with Gasteiger partial charge in [-0.1, -0.05) is 60.7 Å². The van der Waals surface area contributed by atoms with Crippen LogP contribution in [0.1, 0.15) is 23.2 Å². The molecule has 1 aliphatic heterocycles. The third kappa shape index (κ3) is 3.37. The zero-order valence-electron chi connectivity index (χ0n) is 14.6. The molecule has 4 rings (SSSR count). The van der Waals surface area contributed by atoms with Crippen molar-refractivity contribution in [3.05, 3.63) is 95.8 Å². The SMILES string of the molecule is O=C(N/N=C/c1ccc[nH]1)C1=NNC(c2ccccc2)(c2ccccc2)C1. The first-order chi connectivity index (χ1) is 13.3. The van der Waals surface area contributed by atoms with Crippen LogP contribution in [0.4, 0.5) is 0 Å². The predicted octanol–water partition coefficient (Wildman–Crippen LogP) is 2.76. The van der Waals surface area contributed by atoms with Crippen molar-refractivity contribution in [1.29, 1.82) is 0 Å². The number of hydrogen-bond donors (Lipinski definition) is 3. The molecule has 3 aromatic rings. The standard InChI is InChI=1S/C21H19N5O/c27-20(25-23-15-18-12-7-13-22-18)19-14-21(26-24-19,16-8-3-1-4-9-16)17-10-5-2-6-11-17/h1-13,15,22,26H,14H2,(H,25,27)/b23-15+. The van der Waals surface area contributed by atoms with E-state index in [0.29, 0.717) is 12.1 Å². The van der Waals surface area contributed by atoms with E-state index in [-0.39, 0.29) is 5.91 Å².